The number of benzene rings is 2. The number of carbonyl (C=O) groups is 1. The molecule has 0 saturated heterocycles. The van der Waals surface area contributed by atoms with E-state index in [1.807, 2.05) is 30.3 Å². The summed E-state index contributed by atoms with van der Waals surface area (Å²) >= 11 is 0. The van der Waals surface area contributed by atoms with Gasteiger partial charge >= 0.3 is 5.76 Å². The van der Waals surface area contributed by atoms with Gasteiger partial charge in [0, 0.05) is 6.42 Å². The number of oxazole rings is 1. The molecule has 1 aliphatic heterocycles. The lowest BCUT2D eigenvalue weighted by Crippen LogP contribution is -2.32. The first-order valence-electron chi connectivity index (χ1n) is 9.80. The zero-order chi connectivity index (χ0) is 21.4. The van der Waals surface area contributed by atoms with E-state index in [9.17, 15) is 9.59 Å². The van der Waals surface area contributed by atoms with E-state index in [1.165, 1.54) is 9.58 Å². The Labute approximate surface area is 176 Å². The number of ether oxygens (including phenoxy) is 1. The fraction of sp³-hybridized carbons (Fsp3) is 0.174. The minimum atomic E-state index is -0.581. The molecule has 156 valence electrons. The molecule has 4 aromatic rings. The Hall–Kier alpha value is -4.07. The molecule has 8 heteroatoms. The van der Waals surface area contributed by atoms with E-state index in [4.69, 9.17) is 13.6 Å². The number of rotatable bonds is 5. The van der Waals surface area contributed by atoms with E-state index in [0.717, 1.165) is 17.0 Å². The molecule has 0 aliphatic carbocycles. The monoisotopic (exact) mass is 417 g/mol. The molecule has 1 unspecified atom stereocenters. The first-order chi connectivity index (χ1) is 15.1. The number of amides is 1. The molecule has 0 N–H and O–H groups in total. The van der Waals surface area contributed by atoms with Crippen LogP contribution in [0.25, 0.3) is 11.1 Å². The number of carbonyl (C=O) groups excluding carboxylic acids is 1. The molecule has 0 fully saturated rings. The van der Waals surface area contributed by atoms with Crippen molar-refractivity contribution in [3.8, 4) is 5.75 Å². The van der Waals surface area contributed by atoms with Crippen LogP contribution in [-0.4, -0.2) is 28.3 Å². The number of methoxy groups -OCH3 is 1. The lowest BCUT2D eigenvalue weighted by atomic mass is 10.0. The van der Waals surface area contributed by atoms with Crippen LogP contribution in [0.5, 0.6) is 5.75 Å². The topological polar surface area (TPSA) is 90.2 Å². The minimum Gasteiger partial charge on any atom is -0.497 e. The number of hydrogen-bond acceptors (Lipinski definition) is 6. The summed E-state index contributed by atoms with van der Waals surface area (Å²) in [5.41, 5.74) is 2.64. The lowest BCUT2D eigenvalue weighted by Gasteiger charge is -2.19. The highest BCUT2D eigenvalue weighted by Gasteiger charge is 2.35. The number of aromatic nitrogens is 1. The number of furan rings is 1. The van der Waals surface area contributed by atoms with Crippen LogP contribution in [0, 0.1) is 0 Å². The molecule has 8 nitrogen and oxygen atoms in total. The Morgan fingerprint density at radius 1 is 1.13 bits per heavy atom. The van der Waals surface area contributed by atoms with Crippen LogP contribution >= 0.6 is 0 Å². The van der Waals surface area contributed by atoms with E-state index in [2.05, 4.69) is 5.10 Å². The van der Waals surface area contributed by atoms with Crippen LogP contribution < -0.4 is 10.5 Å². The summed E-state index contributed by atoms with van der Waals surface area (Å²) < 4.78 is 17.4. The Kier molecular flexibility index (Phi) is 4.66. The van der Waals surface area contributed by atoms with Gasteiger partial charge in [-0.15, -0.1) is 0 Å². The lowest BCUT2D eigenvalue weighted by molar-refractivity contribution is -0.134. The van der Waals surface area contributed by atoms with Crippen LogP contribution in [0.4, 0.5) is 0 Å². The van der Waals surface area contributed by atoms with Crippen molar-refractivity contribution in [3.63, 3.8) is 0 Å². The standard InChI is InChI=1S/C23H19N3O5/c1-29-16-10-8-15(9-11-16)17-13-19(20-7-4-12-30-20)26(24-17)22(27)14-25-18-5-2-3-6-21(18)31-23(25)28/h2-12,19H,13-14H2,1H3. The molecule has 1 atom stereocenters. The number of hydrogen-bond donors (Lipinski definition) is 0. The van der Waals surface area contributed by atoms with E-state index >= 15 is 0 Å². The van der Waals surface area contributed by atoms with Gasteiger partial charge in [0.2, 0.25) is 0 Å². The SMILES string of the molecule is COc1ccc(C2=NN(C(=O)Cn3c(=O)oc4ccccc43)C(c3ccco3)C2)cc1. The van der Waals surface area contributed by atoms with Gasteiger partial charge in [0.05, 0.1) is 24.6 Å². The average molecular weight is 417 g/mol. The Morgan fingerprint density at radius 3 is 2.68 bits per heavy atom. The number of nitrogens with zero attached hydrogens (tertiary/aromatic N) is 3. The maximum absolute atomic E-state index is 13.2. The highest BCUT2D eigenvalue weighted by Crippen LogP contribution is 2.33. The predicted molar refractivity (Wildman–Crippen MR) is 113 cm³/mol. The van der Waals surface area contributed by atoms with Gasteiger partial charge in [-0.2, -0.15) is 5.10 Å². The second-order valence-electron chi connectivity index (χ2n) is 7.17. The summed E-state index contributed by atoms with van der Waals surface area (Å²) in [5, 5.41) is 5.99. The van der Waals surface area contributed by atoms with Gasteiger partial charge in [0.25, 0.3) is 5.91 Å². The van der Waals surface area contributed by atoms with Gasteiger partial charge in [0.1, 0.15) is 24.1 Å². The third kappa shape index (κ3) is 3.42. The Balaban J connectivity index is 1.48. The maximum atomic E-state index is 13.2. The van der Waals surface area contributed by atoms with Crippen LogP contribution in [0.15, 0.2) is 85.7 Å². The van der Waals surface area contributed by atoms with Gasteiger partial charge in [0.15, 0.2) is 5.58 Å². The molecule has 31 heavy (non-hydrogen) atoms. The summed E-state index contributed by atoms with van der Waals surface area (Å²) in [4.78, 5) is 25.6. The summed E-state index contributed by atoms with van der Waals surface area (Å²) in [6.45, 7) is -0.188. The van der Waals surface area contributed by atoms with E-state index in [-0.39, 0.29) is 12.5 Å². The zero-order valence-corrected chi connectivity index (χ0v) is 16.7. The molecular weight excluding hydrogens is 398 g/mol. The maximum Gasteiger partial charge on any atom is 0.420 e. The third-order valence-corrected chi connectivity index (χ3v) is 5.33. The Morgan fingerprint density at radius 2 is 1.94 bits per heavy atom. The van der Waals surface area contributed by atoms with Crippen molar-refractivity contribution in [2.24, 2.45) is 5.10 Å². The second kappa shape index (κ2) is 7.64. The normalized spacial score (nSPS) is 16.0. The van der Waals surface area contributed by atoms with Gasteiger partial charge in [-0.25, -0.2) is 9.80 Å². The fourth-order valence-corrected chi connectivity index (χ4v) is 3.77. The minimum absolute atomic E-state index is 0.188. The summed E-state index contributed by atoms with van der Waals surface area (Å²) in [7, 11) is 1.61. The molecule has 0 spiro atoms. The van der Waals surface area contributed by atoms with Crippen LogP contribution in [0.3, 0.4) is 0 Å². The fourth-order valence-electron chi connectivity index (χ4n) is 3.77. The molecule has 0 saturated carbocycles. The molecule has 2 aromatic heterocycles. The van der Waals surface area contributed by atoms with E-state index in [0.29, 0.717) is 23.3 Å². The van der Waals surface area contributed by atoms with Crippen LogP contribution in [0.2, 0.25) is 0 Å². The molecule has 0 radical (unpaired) electrons. The van der Waals surface area contributed by atoms with Crippen molar-refractivity contribution in [1.29, 1.82) is 0 Å². The first kappa shape index (κ1) is 18.9. The van der Waals surface area contributed by atoms with Crippen molar-refractivity contribution in [2.75, 3.05) is 7.11 Å². The van der Waals surface area contributed by atoms with Crippen molar-refractivity contribution in [2.45, 2.75) is 19.0 Å². The summed E-state index contributed by atoms with van der Waals surface area (Å²) in [6.07, 6.45) is 2.06. The molecule has 1 aliphatic rings. The average Bonchev–Trinajstić information content (AvgIpc) is 3.53. The first-order valence-corrected chi connectivity index (χ1v) is 9.80. The molecule has 0 bridgehead atoms. The Bertz CT molecular complexity index is 1320. The number of hydrazone groups is 1. The molecule has 3 heterocycles. The third-order valence-electron chi connectivity index (χ3n) is 5.33. The van der Waals surface area contributed by atoms with Gasteiger partial charge in [-0.05, 0) is 54.1 Å². The van der Waals surface area contributed by atoms with Crippen LogP contribution in [-0.2, 0) is 11.3 Å². The number of fused-ring (bicyclic) bond motifs is 1. The van der Waals surface area contributed by atoms with Gasteiger partial charge in [-0.1, -0.05) is 12.1 Å². The van der Waals surface area contributed by atoms with Crippen molar-refractivity contribution >= 4 is 22.7 Å². The predicted octanol–water partition coefficient (Wildman–Crippen LogP) is 3.57. The second-order valence-corrected chi connectivity index (χ2v) is 7.17. The molecule has 5 rings (SSSR count). The van der Waals surface area contributed by atoms with E-state index < -0.39 is 11.8 Å². The number of para-hydroxylation sites is 2. The van der Waals surface area contributed by atoms with Gasteiger partial charge in [-0.3, -0.25) is 9.36 Å². The molecule has 2 aromatic carbocycles. The van der Waals surface area contributed by atoms with Gasteiger partial charge < -0.3 is 13.6 Å². The smallest absolute Gasteiger partial charge is 0.420 e. The highest BCUT2D eigenvalue weighted by atomic mass is 16.5. The largest absolute Gasteiger partial charge is 0.497 e. The van der Waals surface area contributed by atoms with Crippen LogP contribution in [0.1, 0.15) is 23.8 Å². The summed E-state index contributed by atoms with van der Waals surface area (Å²) in [6, 6.07) is 17.7. The summed E-state index contributed by atoms with van der Waals surface area (Å²) in [5.74, 6) is 0.454. The molecular formula is C23H19N3O5. The zero-order valence-electron chi connectivity index (χ0n) is 16.7. The quantitative estimate of drug-likeness (QED) is 0.495. The van der Waals surface area contributed by atoms with Crippen molar-refractivity contribution < 1.29 is 18.4 Å². The van der Waals surface area contributed by atoms with Crippen molar-refractivity contribution in [3.05, 3.63) is 88.8 Å². The van der Waals surface area contributed by atoms with Crippen molar-refractivity contribution in [1.82, 2.24) is 9.58 Å². The molecule has 1 amide bonds. The highest BCUT2D eigenvalue weighted by molar-refractivity contribution is 6.03. The van der Waals surface area contributed by atoms with E-state index in [1.54, 1.807) is 43.7 Å².